The summed E-state index contributed by atoms with van der Waals surface area (Å²) in [6.07, 6.45) is 0. The van der Waals surface area contributed by atoms with Gasteiger partial charge in [0.15, 0.2) is 0 Å². The van der Waals surface area contributed by atoms with Crippen LogP contribution in [0.2, 0.25) is 0 Å². The van der Waals surface area contributed by atoms with Gasteiger partial charge in [-0.1, -0.05) is 6.07 Å². The Morgan fingerprint density at radius 1 is 1.04 bits per heavy atom. The zero-order valence-corrected chi connectivity index (χ0v) is 15.3. The lowest BCUT2D eigenvalue weighted by molar-refractivity contribution is 0.0398. The molecule has 0 spiro atoms. The third-order valence-corrected chi connectivity index (χ3v) is 4.45. The summed E-state index contributed by atoms with van der Waals surface area (Å²) >= 11 is 0. The molecule has 0 amide bonds. The number of morpholine rings is 1. The van der Waals surface area contributed by atoms with Gasteiger partial charge in [-0.05, 0) is 44.0 Å². The monoisotopic (exact) mass is 341 g/mol. The summed E-state index contributed by atoms with van der Waals surface area (Å²) in [6.45, 7) is 11.7. The maximum Gasteiger partial charge on any atom is 0.224 e. The Bertz CT molecular complexity index is 713. The normalized spacial score (nSPS) is 15.2. The van der Waals surface area contributed by atoms with Crippen molar-refractivity contribution in [2.75, 3.05) is 50.0 Å². The fourth-order valence-electron chi connectivity index (χ4n) is 2.83. The number of hydrogen-bond acceptors (Lipinski definition) is 6. The third kappa shape index (κ3) is 5.14. The van der Waals surface area contributed by atoms with Gasteiger partial charge in [0, 0.05) is 43.6 Å². The largest absolute Gasteiger partial charge is 0.379 e. The quantitative estimate of drug-likeness (QED) is 0.842. The summed E-state index contributed by atoms with van der Waals surface area (Å²) in [5.41, 5.74) is 4.53. The van der Waals surface area contributed by atoms with Crippen molar-refractivity contribution in [1.82, 2.24) is 14.9 Å². The number of ether oxygens (including phenoxy) is 1. The van der Waals surface area contributed by atoms with Crippen molar-refractivity contribution in [3.63, 3.8) is 0 Å². The summed E-state index contributed by atoms with van der Waals surface area (Å²) < 4.78 is 5.37. The van der Waals surface area contributed by atoms with E-state index in [1.165, 1.54) is 11.1 Å². The maximum absolute atomic E-state index is 5.37. The molecule has 0 aliphatic carbocycles. The number of benzene rings is 1. The smallest absolute Gasteiger partial charge is 0.224 e. The number of nitrogens with zero attached hydrogens (tertiary/aromatic N) is 3. The zero-order valence-electron chi connectivity index (χ0n) is 15.3. The van der Waals surface area contributed by atoms with Gasteiger partial charge in [0.2, 0.25) is 5.95 Å². The highest BCUT2D eigenvalue weighted by atomic mass is 16.5. The van der Waals surface area contributed by atoms with Crippen molar-refractivity contribution >= 4 is 17.5 Å². The Hall–Kier alpha value is -2.18. The van der Waals surface area contributed by atoms with Gasteiger partial charge in [-0.2, -0.15) is 4.98 Å². The van der Waals surface area contributed by atoms with Crippen LogP contribution in [0.5, 0.6) is 0 Å². The third-order valence-electron chi connectivity index (χ3n) is 4.45. The molecule has 6 nitrogen and oxygen atoms in total. The molecule has 6 heteroatoms. The number of hydrogen-bond donors (Lipinski definition) is 2. The minimum absolute atomic E-state index is 0.666. The lowest BCUT2D eigenvalue weighted by atomic mass is 10.1. The Morgan fingerprint density at radius 3 is 2.60 bits per heavy atom. The SMILES string of the molecule is Cc1cc(Nc2ccc(C)c(C)c2)nc(NCCN2CCOCC2)n1. The predicted octanol–water partition coefficient (Wildman–Crippen LogP) is 2.89. The molecular weight excluding hydrogens is 314 g/mol. The van der Waals surface area contributed by atoms with Gasteiger partial charge in [-0.3, -0.25) is 4.90 Å². The van der Waals surface area contributed by atoms with Crippen molar-refractivity contribution in [2.45, 2.75) is 20.8 Å². The number of aromatic nitrogens is 2. The standard InChI is InChI=1S/C19H27N5O/c1-14-4-5-17(12-15(14)2)22-18-13-16(3)21-19(23-18)20-6-7-24-8-10-25-11-9-24/h4-5,12-13H,6-11H2,1-3H3,(H2,20,21,22,23). The average molecular weight is 341 g/mol. The van der Waals surface area contributed by atoms with Crippen molar-refractivity contribution in [2.24, 2.45) is 0 Å². The van der Waals surface area contributed by atoms with Gasteiger partial charge in [-0.25, -0.2) is 4.98 Å². The van der Waals surface area contributed by atoms with E-state index >= 15 is 0 Å². The molecule has 2 heterocycles. The van der Waals surface area contributed by atoms with Crippen LogP contribution in [0.25, 0.3) is 0 Å². The minimum atomic E-state index is 0.666. The highest BCUT2D eigenvalue weighted by molar-refractivity contribution is 5.59. The molecule has 2 aromatic rings. The Balaban J connectivity index is 1.60. The van der Waals surface area contributed by atoms with E-state index in [0.717, 1.165) is 56.6 Å². The van der Waals surface area contributed by atoms with Crippen LogP contribution in [0.15, 0.2) is 24.3 Å². The van der Waals surface area contributed by atoms with Gasteiger partial charge in [0.1, 0.15) is 5.82 Å². The van der Waals surface area contributed by atoms with Gasteiger partial charge in [0.25, 0.3) is 0 Å². The van der Waals surface area contributed by atoms with E-state index in [2.05, 4.69) is 57.5 Å². The molecule has 134 valence electrons. The van der Waals surface area contributed by atoms with Crippen LogP contribution in [0, 0.1) is 20.8 Å². The topological polar surface area (TPSA) is 62.3 Å². The molecule has 1 aromatic heterocycles. The van der Waals surface area contributed by atoms with E-state index in [4.69, 9.17) is 4.74 Å². The lowest BCUT2D eigenvalue weighted by Gasteiger charge is -2.26. The highest BCUT2D eigenvalue weighted by Gasteiger charge is 2.10. The van der Waals surface area contributed by atoms with Crippen molar-refractivity contribution in [1.29, 1.82) is 0 Å². The molecule has 3 rings (SSSR count). The van der Waals surface area contributed by atoms with Crippen LogP contribution < -0.4 is 10.6 Å². The Morgan fingerprint density at radius 2 is 1.84 bits per heavy atom. The number of nitrogens with one attached hydrogen (secondary N) is 2. The van der Waals surface area contributed by atoms with E-state index in [9.17, 15) is 0 Å². The van der Waals surface area contributed by atoms with Crippen LogP contribution in [0.1, 0.15) is 16.8 Å². The van der Waals surface area contributed by atoms with Gasteiger partial charge >= 0.3 is 0 Å². The summed E-state index contributed by atoms with van der Waals surface area (Å²) in [5.74, 6) is 1.48. The molecule has 0 unspecified atom stereocenters. The van der Waals surface area contributed by atoms with E-state index < -0.39 is 0 Å². The van der Waals surface area contributed by atoms with Gasteiger partial charge < -0.3 is 15.4 Å². The Kier molecular flexibility index (Phi) is 5.83. The lowest BCUT2D eigenvalue weighted by Crippen LogP contribution is -2.39. The summed E-state index contributed by atoms with van der Waals surface area (Å²) in [7, 11) is 0. The molecule has 1 fully saturated rings. The molecule has 1 aliphatic rings. The van der Waals surface area contributed by atoms with Crippen LogP contribution in [0.4, 0.5) is 17.5 Å². The van der Waals surface area contributed by atoms with Crippen molar-refractivity contribution in [3.05, 3.63) is 41.1 Å². The molecule has 1 aliphatic heterocycles. The predicted molar refractivity (Wildman–Crippen MR) is 102 cm³/mol. The summed E-state index contributed by atoms with van der Waals surface area (Å²) in [5, 5.41) is 6.71. The van der Waals surface area contributed by atoms with Crippen LogP contribution in [-0.2, 0) is 4.74 Å². The first kappa shape index (κ1) is 17.6. The van der Waals surface area contributed by atoms with Crippen molar-refractivity contribution in [3.8, 4) is 0 Å². The molecule has 0 radical (unpaired) electrons. The molecule has 1 aromatic carbocycles. The molecule has 0 saturated carbocycles. The minimum Gasteiger partial charge on any atom is -0.379 e. The van der Waals surface area contributed by atoms with Gasteiger partial charge in [-0.15, -0.1) is 0 Å². The zero-order chi connectivity index (χ0) is 17.6. The maximum atomic E-state index is 5.37. The van der Waals surface area contributed by atoms with Crippen LogP contribution in [-0.4, -0.2) is 54.3 Å². The molecular formula is C19H27N5O. The van der Waals surface area contributed by atoms with Gasteiger partial charge in [0.05, 0.1) is 13.2 Å². The number of aryl methyl sites for hydroxylation is 3. The first-order valence-electron chi connectivity index (χ1n) is 8.84. The fourth-order valence-corrected chi connectivity index (χ4v) is 2.83. The van der Waals surface area contributed by atoms with E-state index in [-0.39, 0.29) is 0 Å². The molecule has 1 saturated heterocycles. The first-order chi connectivity index (χ1) is 12.1. The molecule has 2 N–H and O–H groups in total. The second-order valence-corrected chi connectivity index (χ2v) is 6.52. The van der Waals surface area contributed by atoms with E-state index in [1.807, 2.05) is 13.0 Å². The molecule has 25 heavy (non-hydrogen) atoms. The fraction of sp³-hybridized carbons (Fsp3) is 0.474. The van der Waals surface area contributed by atoms with Crippen LogP contribution >= 0.6 is 0 Å². The highest BCUT2D eigenvalue weighted by Crippen LogP contribution is 2.19. The second kappa shape index (κ2) is 8.27. The van der Waals surface area contributed by atoms with Crippen molar-refractivity contribution < 1.29 is 4.74 Å². The summed E-state index contributed by atoms with van der Waals surface area (Å²) in [6, 6.07) is 8.29. The van der Waals surface area contributed by atoms with E-state index in [1.54, 1.807) is 0 Å². The van der Waals surface area contributed by atoms with E-state index in [0.29, 0.717) is 5.95 Å². The Labute approximate surface area is 149 Å². The molecule has 0 atom stereocenters. The number of anilines is 3. The first-order valence-corrected chi connectivity index (χ1v) is 8.84. The summed E-state index contributed by atoms with van der Waals surface area (Å²) in [4.78, 5) is 11.5. The molecule has 0 bridgehead atoms. The second-order valence-electron chi connectivity index (χ2n) is 6.52. The average Bonchev–Trinajstić information content (AvgIpc) is 2.59. The number of rotatable bonds is 6. The van der Waals surface area contributed by atoms with Crippen LogP contribution in [0.3, 0.4) is 0 Å².